The molecular weight excluding hydrogens is 414 g/mol. The van der Waals surface area contributed by atoms with E-state index in [2.05, 4.69) is 34.1 Å². The number of aromatic nitrogens is 1. The van der Waals surface area contributed by atoms with Crippen LogP contribution in [0.25, 0.3) is 10.8 Å². The highest BCUT2D eigenvalue weighted by Crippen LogP contribution is 2.21. The maximum Gasteiger partial charge on any atom is 0.254 e. The summed E-state index contributed by atoms with van der Waals surface area (Å²) in [4.78, 5) is 22.2. The van der Waals surface area contributed by atoms with Gasteiger partial charge in [0.1, 0.15) is 0 Å². The Morgan fingerprint density at radius 1 is 0.970 bits per heavy atom. The first-order chi connectivity index (χ1) is 16.3. The average Bonchev–Trinajstić information content (AvgIpc) is 3.10. The van der Waals surface area contributed by atoms with Crippen LogP contribution in [0, 0.1) is 5.92 Å². The maximum absolute atomic E-state index is 13.6. The van der Waals surface area contributed by atoms with Crippen LogP contribution in [0.4, 0.5) is 0 Å². The molecule has 5 rings (SSSR count). The van der Waals surface area contributed by atoms with Crippen molar-refractivity contribution in [2.24, 2.45) is 5.92 Å². The summed E-state index contributed by atoms with van der Waals surface area (Å²) in [6, 6.07) is 16.6. The molecule has 0 saturated carbocycles. The Bertz CT molecular complexity index is 1100. The first-order valence-corrected chi connectivity index (χ1v) is 11.8. The van der Waals surface area contributed by atoms with E-state index < -0.39 is 0 Å². The van der Waals surface area contributed by atoms with Crippen molar-refractivity contribution in [2.75, 3.05) is 52.6 Å². The molecule has 2 aromatic carbocycles. The fourth-order valence-electron chi connectivity index (χ4n) is 4.82. The van der Waals surface area contributed by atoms with Crippen LogP contribution in [0.2, 0.25) is 0 Å². The average molecular weight is 446 g/mol. The Balaban J connectivity index is 1.30. The zero-order valence-corrected chi connectivity index (χ0v) is 19.0. The van der Waals surface area contributed by atoms with Gasteiger partial charge in [-0.05, 0) is 41.1 Å². The third kappa shape index (κ3) is 5.41. The van der Waals surface area contributed by atoms with Gasteiger partial charge in [-0.2, -0.15) is 0 Å². The smallest absolute Gasteiger partial charge is 0.254 e. The van der Waals surface area contributed by atoms with Gasteiger partial charge in [0.2, 0.25) is 0 Å². The molecule has 1 unspecified atom stereocenters. The van der Waals surface area contributed by atoms with Crippen LogP contribution in [0.15, 0.2) is 60.9 Å². The van der Waals surface area contributed by atoms with E-state index in [0.717, 1.165) is 55.8 Å². The summed E-state index contributed by atoms with van der Waals surface area (Å²) in [5, 5.41) is 2.34. The standard InChI is InChI=1S/C27H31N3O3/c31-27(26-4-2-1-3-24(26)19-29-9-12-32-13-10-29)30-11-14-33-20-22(18-30)15-21-5-6-23-7-8-28-17-25(23)16-21/h1-8,16-17,22H,9-15,18-20H2. The minimum atomic E-state index is 0.108. The largest absolute Gasteiger partial charge is 0.379 e. The number of fused-ring (bicyclic) bond motifs is 1. The van der Waals surface area contributed by atoms with Crippen molar-refractivity contribution in [3.05, 3.63) is 77.6 Å². The van der Waals surface area contributed by atoms with Gasteiger partial charge in [-0.25, -0.2) is 0 Å². The van der Waals surface area contributed by atoms with Crippen LogP contribution in [0.3, 0.4) is 0 Å². The number of amides is 1. The number of rotatable bonds is 5. The first kappa shape index (κ1) is 22.0. The van der Waals surface area contributed by atoms with Gasteiger partial charge < -0.3 is 14.4 Å². The Kier molecular flexibility index (Phi) is 6.95. The van der Waals surface area contributed by atoms with Crippen molar-refractivity contribution in [2.45, 2.75) is 13.0 Å². The summed E-state index contributed by atoms with van der Waals surface area (Å²) >= 11 is 0. The summed E-state index contributed by atoms with van der Waals surface area (Å²) in [5.74, 6) is 0.369. The van der Waals surface area contributed by atoms with E-state index in [1.54, 1.807) is 0 Å². The van der Waals surface area contributed by atoms with Gasteiger partial charge in [-0.1, -0.05) is 30.3 Å². The van der Waals surface area contributed by atoms with E-state index in [0.29, 0.717) is 26.3 Å². The third-order valence-corrected chi connectivity index (χ3v) is 6.60. The van der Waals surface area contributed by atoms with Crippen LogP contribution < -0.4 is 0 Å². The molecule has 3 heterocycles. The van der Waals surface area contributed by atoms with Gasteiger partial charge in [0, 0.05) is 62.0 Å². The third-order valence-electron chi connectivity index (χ3n) is 6.60. The number of nitrogens with zero attached hydrogens (tertiary/aromatic N) is 3. The minimum Gasteiger partial charge on any atom is -0.379 e. The first-order valence-electron chi connectivity index (χ1n) is 11.8. The molecule has 2 aliphatic rings. The molecule has 1 amide bonds. The Morgan fingerprint density at radius 2 is 1.82 bits per heavy atom. The molecule has 2 aliphatic heterocycles. The zero-order chi connectivity index (χ0) is 22.5. The monoisotopic (exact) mass is 445 g/mol. The maximum atomic E-state index is 13.6. The van der Waals surface area contributed by atoms with Gasteiger partial charge in [0.15, 0.2) is 0 Å². The quantitative estimate of drug-likeness (QED) is 0.603. The number of morpholine rings is 1. The summed E-state index contributed by atoms with van der Waals surface area (Å²) in [5.41, 5.74) is 3.15. The second kappa shape index (κ2) is 10.4. The van der Waals surface area contributed by atoms with Crippen molar-refractivity contribution in [3.8, 4) is 0 Å². The van der Waals surface area contributed by atoms with E-state index in [-0.39, 0.29) is 11.8 Å². The second-order valence-corrected chi connectivity index (χ2v) is 9.00. The fourth-order valence-corrected chi connectivity index (χ4v) is 4.82. The van der Waals surface area contributed by atoms with E-state index in [9.17, 15) is 4.79 Å². The molecule has 6 nitrogen and oxygen atoms in total. The van der Waals surface area contributed by atoms with Crippen molar-refractivity contribution in [1.82, 2.24) is 14.8 Å². The molecule has 2 saturated heterocycles. The number of benzene rings is 2. The zero-order valence-electron chi connectivity index (χ0n) is 19.0. The number of carbonyl (C=O) groups excluding carboxylic acids is 1. The highest BCUT2D eigenvalue weighted by atomic mass is 16.5. The van der Waals surface area contributed by atoms with E-state index >= 15 is 0 Å². The molecular formula is C27H31N3O3. The molecule has 1 aromatic heterocycles. The fraction of sp³-hybridized carbons (Fsp3) is 0.407. The lowest BCUT2D eigenvalue weighted by Gasteiger charge is -2.28. The van der Waals surface area contributed by atoms with Crippen molar-refractivity contribution in [1.29, 1.82) is 0 Å². The molecule has 0 bridgehead atoms. The molecule has 3 aromatic rings. The predicted octanol–water partition coefficient (Wildman–Crippen LogP) is 3.40. The minimum absolute atomic E-state index is 0.108. The molecule has 33 heavy (non-hydrogen) atoms. The molecule has 1 atom stereocenters. The summed E-state index contributed by atoms with van der Waals surface area (Å²) in [6.45, 7) is 6.69. The van der Waals surface area contributed by atoms with Crippen LogP contribution in [0.5, 0.6) is 0 Å². The van der Waals surface area contributed by atoms with Crippen molar-refractivity contribution < 1.29 is 14.3 Å². The number of ether oxygens (including phenoxy) is 2. The van der Waals surface area contributed by atoms with Gasteiger partial charge in [0.25, 0.3) is 5.91 Å². The van der Waals surface area contributed by atoms with E-state index in [4.69, 9.17) is 9.47 Å². The molecule has 6 heteroatoms. The lowest BCUT2D eigenvalue weighted by atomic mass is 9.97. The number of carbonyl (C=O) groups is 1. The van der Waals surface area contributed by atoms with Crippen molar-refractivity contribution in [3.63, 3.8) is 0 Å². The van der Waals surface area contributed by atoms with Crippen LogP contribution in [-0.2, 0) is 22.4 Å². The Labute approximate surface area is 195 Å². The summed E-state index contributed by atoms with van der Waals surface area (Å²) in [7, 11) is 0. The molecule has 2 fully saturated rings. The highest BCUT2D eigenvalue weighted by Gasteiger charge is 2.25. The molecule has 172 valence electrons. The Hall–Kier alpha value is -2.80. The van der Waals surface area contributed by atoms with Gasteiger partial charge in [0.05, 0.1) is 26.4 Å². The molecule has 0 aliphatic carbocycles. The molecule has 0 N–H and O–H groups in total. The summed E-state index contributed by atoms with van der Waals surface area (Å²) in [6.07, 6.45) is 4.61. The number of pyridine rings is 1. The lowest BCUT2D eigenvalue weighted by Crippen LogP contribution is -2.38. The molecule has 0 spiro atoms. The summed E-state index contributed by atoms with van der Waals surface area (Å²) < 4.78 is 11.4. The highest BCUT2D eigenvalue weighted by molar-refractivity contribution is 5.95. The van der Waals surface area contributed by atoms with E-state index in [1.807, 2.05) is 41.6 Å². The van der Waals surface area contributed by atoms with Gasteiger partial charge in [-0.15, -0.1) is 0 Å². The molecule has 0 radical (unpaired) electrons. The van der Waals surface area contributed by atoms with Crippen LogP contribution in [0.1, 0.15) is 21.5 Å². The van der Waals surface area contributed by atoms with Crippen LogP contribution in [-0.4, -0.2) is 73.3 Å². The topological polar surface area (TPSA) is 54.9 Å². The van der Waals surface area contributed by atoms with E-state index in [1.165, 1.54) is 10.9 Å². The predicted molar refractivity (Wildman–Crippen MR) is 128 cm³/mol. The van der Waals surface area contributed by atoms with Gasteiger partial charge >= 0.3 is 0 Å². The SMILES string of the molecule is O=C(c1ccccc1CN1CCOCC1)N1CCOCC(Cc2ccc3ccncc3c2)C1. The second-order valence-electron chi connectivity index (χ2n) is 9.00. The lowest BCUT2D eigenvalue weighted by molar-refractivity contribution is 0.0339. The number of hydrogen-bond acceptors (Lipinski definition) is 5. The van der Waals surface area contributed by atoms with Gasteiger partial charge in [-0.3, -0.25) is 14.7 Å². The van der Waals surface area contributed by atoms with Crippen molar-refractivity contribution >= 4 is 16.7 Å². The Morgan fingerprint density at radius 3 is 2.73 bits per heavy atom. The normalized spacial score (nSPS) is 20.0. The van der Waals surface area contributed by atoms with Crippen LogP contribution >= 0.6 is 0 Å². The number of hydrogen-bond donors (Lipinski definition) is 0.